The van der Waals surface area contributed by atoms with Crippen LogP contribution in [0.2, 0.25) is 0 Å². The summed E-state index contributed by atoms with van der Waals surface area (Å²) in [7, 11) is 0. The summed E-state index contributed by atoms with van der Waals surface area (Å²) in [5.41, 5.74) is 12.1. The van der Waals surface area contributed by atoms with E-state index in [1.54, 1.807) is 0 Å². The van der Waals surface area contributed by atoms with Crippen molar-refractivity contribution in [1.82, 2.24) is 18.9 Å². The topological polar surface area (TPSA) is 35.1 Å². The Kier molecular flexibility index (Phi) is 5.63. The van der Waals surface area contributed by atoms with Crippen LogP contribution in [0.5, 0.6) is 0 Å². The van der Waals surface area contributed by atoms with Gasteiger partial charge in [-0.05, 0) is 41.5 Å². The molecule has 0 unspecified atom stereocenters. The van der Waals surface area contributed by atoms with Crippen LogP contribution in [0, 0.1) is 0 Å². The molecule has 4 heterocycles. The second-order valence-electron chi connectivity index (χ2n) is 13.0. The number of nitrogens with zero attached hydrogens (tertiary/aromatic N) is 4. The summed E-state index contributed by atoms with van der Waals surface area (Å²) in [5, 5.41) is 7.43. The molecule has 0 aliphatic carbocycles. The summed E-state index contributed by atoms with van der Waals surface area (Å²) in [6, 6.07) is 60.4. The zero-order valence-electron chi connectivity index (χ0n) is 27.0. The van der Waals surface area contributed by atoms with E-state index in [-0.39, 0.29) is 0 Å². The lowest BCUT2D eigenvalue weighted by atomic mass is 10.0. The van der Waals surface area contributed by atoms with E-state index in [4.69, 9.17) is 9.97 Å². The molecule has 11 rings (SSSR count). The van der Waals surface area contributed by atoms with E-state index < -0.39 is 0 Å². The normalized spacial score (nSPS) is 12.0. The first-order valence-corrected chi connectivity index (χ1v) is 17.0. The van der Waals surface area contributed by atoms with Crippen LogP contribution in [0.15, 0.2) is 170 Å². The summed E-state index contributed by atoms with van der Waals surface area (Å²) in [5.74, 6) is 0.654. The van der Waals surface area contributed by atoms with Crippen LogP contribution in [-0.2, 0) is 0 Å². The molecular weight excluding hydrogens is 609 g/mol. The maximum atomic E-state index is 5.36. The van der Waals surface area contributed by atoms with Crippen molar-refractivity contribution in [1.29, 1.82) is 0 Å². The third-order valence-electron chi connectivity index (χ3n) is 10.3. The Balaban J connectivity index is 1.25. The standard InChI is InChI=1S/C46H28N4/c1-3-13-29(14-4-1)30-23-25-32(26-24-30)38-28-37(31-15-5-2-6-16-31)47-46(48-38)50-41-22-12-8-18-34(41)43-42(50)27-36-33-17-7-10-20-39(33)49-40-21-11-9-19-35(40)44(43)45(36)49/h1-28H. The summed E-state index contributed by atoms with van der Waals surface area (Å²) in [4.78, 5) is 10.7. The molecule has 0 atom stereocenters. The molecule has 4 nitrogen and oxygen atoms in total. The van der Waals surface area contributed by atoms with Crippen LogP contribution < -0.4 is 0 Å². The van der Waals surface area contributed by atoms with E-state index in [9.17, 15) is 0 Å². The lowest BCUT2D eigenvalue weighted by Gasteiger charge is -2.12. The summed E-state index contributed by atoms with van der Waals surface area (Å²) in [6.45, 7) is 0. The van der Waals surface area contributed by atoms with Gasteiger partial charge in [0.05, 0.1) is 39.0 Å². The molecule has 0 amide bonds. The molecule has 4 heteroatoms. The molecular formula is C46H28N4. The van der Waals surface area contributed by atoms with Gasteiger partial charge in [-0.1, -0.05) is 140 Å². The molecule has 0 saturated carbocycles. The average molecular weight is 637 g/mol. The van der Waals surface area contributed by atoms with Gasteiger partial charge in [-0.15, -0.1) is 0 Å². The van der Waals surface area contributed by atoms with E-state index >= 15 is 0 Å². The molecule has 232 valence electrons. The number of fused-ring (bicyclic) bond motifs is 10. The van der Waals surface area contributed by atoms with Crippen LogP contribution in [-0.4, -0.2) is 18.9 Å². The Bertz CT molecular complexity index is 3060. The highest BCUT2D eigenvalue weighted by Gasteiger charge is 2.25. The highest BCUT2D eigenvalue weighted by molar-refractivity contribution is 6.35. The molecule has 50 heavy (non-hydrogen) atoms. The second-order valence-corrected chi connectivity index (χ2v) is 13.0. The summed E-state index contributed by atoms with van der Waals surface area (Å²) in [6.07, 6.45) is 0. The fourth-order valence-electron chi connectivity index (χ4n) is 8.08. The number of hydrogen-bond acceptors (Lipinski definition) is 2. The lowest BCUT2D eigenvalue weighted by Crippen LogP contribution is -2.04. The van der Waals surface area contributed by atoms with Crippen LogP contribution >= 0.6 is 0 Å². The molecule has 0 N–H and O–H groups in total. The van der Waals surface area contributed by atoms with Crippen molar-refractivity contribution in [3.63, 3.8) is 0 Å². The minimum atomic E-state index is 0.654. The largest absolute Gasteiger partial charge is 0.308 e. The van der Waals surface area contributed by atoms with Gasteiger partial charge in [0.2, 0.25) is 5.95 Å². The molecule has 0 bridgehead atoms. The van der Waals surface area contributed by atoms with Crippen molar-refractivity contribution in [2.45, 2.75) is 0 Å². The van der Waals surface area contributed by atoms with Crippen molar-refractivity contribution in [2.24, 2.45) is 0 Å². The fourth-order valence-corrected chi connectivity index (χ4v) is 8.08. The first-order chi connectivity index (χ1) is 24.8. The van der Waals surface area contributed by atoms with Gasteiger partial charge in [0, 0.05) is 43.4 Å². The Morgan fingerprint density at radius 2 is 0.820 bits per heavy atom. The van der Waals surface area contributed by atoms with Crippen molar-refractivity contribution >= 4 is 59.9 Å². The molecule has 0 fully saturated rings. The number of benzene rings is 7. The van der Waals surface area contributed by atoms with E-state index in [0.29, 0.717) is 5.95 Å². The molecule has 0 aliphatic rings. The van der Waals surface area contributed by atoms with Crippen molar-refractivity contribution < 1.29 is 0 Å². The zero-order chi connectivity index (χ0) is 32.8. The van der Waals surface area contributed by atoms with Gasteiger partial charge < -0.3 is 4.40 Å². The number of rotatable bonds is 4. The first kappa shape index (κ1) is 27.2. The molecule has 0 saturated heterocycles. The van der Waals surface area contributed by atoms with Gasteiger partial charge in [0.1, 0.15) is 0 Å². The molecule has 0 radical (unpaired) electrons. The molecule has 7 aromatic carbocycles. The van der Waals surface area contributed by atoms with Gasteiger partial charge in [0.25, 0.3) is 0 Å². The van der Waals surface area contributed by atoms with Crippen LogP contribution in [0.25, 0.3) is 99.5 Å². The number of hydrogen-bond donors (Lipinski definition) is 0. The average Bonchev–Trinajstić information content (AvgIpc) is 3.83. The Hall–Kier alpha value is -6.78. The summed E-state index contributed by atoms with van der Waals surface area (Å²) < 4.78 is 4.73. The highest BCUT2D eigenvalue weighted by Crippen LogP contribution is 2.46. The molecule has 11 aromatic rings. The second kappa shape index (κ2) is 10.4. The quantitative estimate of drug-likeness (QED) is 0.193. The highest BCUT2D eigenvalue weighted by atomic mass is 15.2. The van der Waals surface area contributed by atoms with E-state index in [0.717, 1.165) is 33.5 Å². The van der Waals surface area contributed by atoms with Crippen molar-refractivity contribution in [3.8, 4) is 39.6 Å². The fraction of sp³-hybridized carbons (Fsp3) is 0. The van der Waals surface area contributed by atoms with Crippen LogP contribution in [0.1, 0.15) is 0 Å². The van der Waals surface area contributed by atoms with Crippen LogP contribution in [0.4, 0.5) is 0 Å². The smallest absolute Gasteiger partial charge is 0.235 e. The third kappa shape index (κ3) is 3.81. The Labute approximate surface area is 287 Å². The monoisotopic (exact) mass is 636 g/mol. The van der Waals surface area contributed by atoms with Crippen LogP contribution in [0.3, 0.4) is 0 Å². The Morgan fingerprint density at radius 1 is 0.340 bits per heavy atom. The van der Waals surface area contributed by atoms with Crippen molar-refractivity contribution in [2.75, 3.05) is 0 Å². The minimum absolute atomic E-state index is 0.654. The molecule has 0 aliphatic heterocycles. The third-order valence-corrected chi connectivity index (χ3v) is 10.3. The van der Waals surface area contributed by atoms with Crippen molar-refractivity contribution in [3.05, 3.63) is 170 Å². The number of para-hydroxylation sites is 3. The van der Waals surface area contributed by atoms with Gasteiger partial charge in [-0.3, -0.25) is 4.57 Å². The van der Waals surface area contributed by atoms with E-state index in [1.165, 1.54) is 60.0 Å². The zero-order valence-corrected chi connectivity index (χ0v) is 27.0. The summed E-state index contributed by atoms with van der Waals surface area (Å²) >= 11 is 0. The predicted molar refractivity (Wildman–Crippen MR) is 207 cm³/mol. The lowest BCUT2D eigenvalue weighted by molar-refractivity contribution is 0.996. The number of aromatic nitrogens is 4. The van der Waals surface area contributed by atoms with Gasteiger partial charge in [0.15, 0.2) is 0 Å². The maximum absolute atomic E-state index is 5.36. The van der Waals surface area contributed by atoms with E-state index in [1.807, 2.05) is 6.07 Å². The Morgan fingerprint density at radius 3 is 1.50 bits per heavy atom. The SMILES string of the molecule is c1ccc(-c2ccc(-c3cc(-c4ccccc4)nc(-n4c5ccccc5c5c6c7ccccc7n7c8ccccc8c(cc54)c67)n3)cc2)cc1. The van der Waals surface area contributed by atoms with Gasteiger partial charge in [-0.25, -0.2) is 9.97 Å². The van der Waals surface area contributed by atoms with Gasteiger partial charge >= 0.3 is 0 Å². The minimum Gasteiger partial charge on any atom is -0.308 e. The maximum Gasteiger partial charge on any atom is 0.235 e. The predicted octanol–water partition coefficient (Wildman–Crippen LogP) is 11.7. The van der Waals surface area contributed by atoms with E-state index in [2.05, 4.69) is 173 Å². The molecule has 4 aromatic heterocycles. The first-order valence-electron chi connectivity index (χ1n) is 17.0. The van der Waals surface area contributed by atoms with Gasteiger partial charge in [-0.2, -0.15) is 0 Å². The molecule has 0 spiro atoms.